The van der Waals surface area contributed by atoms with Crippen LogP contribution in [0.1, 0.15) is 22.7 Å². The summed E-state index contributed by atoms with van der Waals surface area (Å²) in [4.78, 5) is 2.22. The molecule has 0 aliphatic carbocycles. The van der Waals surface area contributed by atoms with Gasteiger partial charge in [-0.3, -0.25) is 0 Å². The van der Waals surface area contributed by atoms with Crippen molar-refractivity contribution in [1.82, 2.24) is 10.2 Å². The van der Waals surface area contributed by atoms with Gasteiger partial charge in [0.05, 0.1) is 21.7 Å². The third-order valence-corrected chi connectivity index (χ3v) is 9.87. The molecule has 8 heteroatoms. The molecular formula is C22H30N2O4S2. The van der Waals surface area contributed by atoms with E-state index in [1.807, 2.05) is 57.1 Å². The number of nitrogens with one attached hydrogen (secondary N) is 1. The first-order valence-corrected chi connectivity index (χ1v) is 13.3. The molecule has 0 radical (unpaired) electrons. The van der Waals surface area contributed by atoms with Crippen LogP contribution in [-0.2, 0) is 19.7 Å². The number of rotatable bonds is 7. The van der Waals surface area contributed by atoms with E-state index in [4.69, 9.17) is 0 Å². The molecule has 164 valence electrons. The summed E-state index contributed by atoms with van der Waals surface area (Å²) in [6.45, 7) is 4.36. The molecule has 3 rings (SSSR count). The van der Waals surface area contributed by atoms with Gasteiger partial charge in [0, 0.05) is 18.6 Å². The van der Waals surface area contributed by atoms with E-state index in [0.29, 0.717) is 6.54 Å². The summed E-state index contributed by atoms with van der Waals surface area (Å²) >= 11 is 0. The fourth-order valence-corrected chi connectivity index (χ4v) is 8.58. The minimum atomic E-state index is -3.77. The largest absolute Gasteiger partial charge is 0.310 e. The van der Waals surface area contributed by atoms with Crippen LogP contribution < -0.4 is 5.32 Å². The highest BCUT2D eigenvalue weighted by Gasteiger charge is 2.45. The van der Waals surface area contributed by atoms with E-state index in [0.717, 1.165) is 16.7 Å². The third-order valence-electron chi connectivity index (χ3n) is 5.71. The fraction of sp³-hybridized carbons (Fsp3) is 0.455. The summed E-state index contributed by atoms with van der Waals surface area (Å²) in [7, 11) is -3.29. The van der Waals surface area contributed by atoms with Gasteiger partial charge in [-0.05, 0) is 45.6 Å². The first kappa shape index (κ1) is 22.9. The molecule has 6 nitrogen and oxygen atoms in total. The Morgan fingerprint density at radius 2 is 1.50 bits per heavy atom. The van der Waals surface area contributed by atoms with E-state index in [1.54, 1.807) is 24.3 Å². The maximum absolute atomic E-state index is 13.2. The SMILES string of the molecule is Cc1ccc([C@@H](CN[C@H]2CS(=O)(=O)C[C@@H]2S(=O)(=O)c2ccc(C)cc2)N(C)C)cc1. The molecule has 0 spiro atoms. The van der Waals surface area contributed by atoms with Crippen LogP contribution in [0.15, 0.2) is 53.4 Å². The van der Waals surface area contributed by atoms with Gasteiger partial charge in [-0.15, -0.1) is 0 Å². The molecule has 0 unspecified atom stereocenters. The van der Waals surface area contributed by atoms with Crippen LogP contribution in [0.4, 0.5) is 0 Å². The minimum Gasteiger partial charge on any atom is -0.310 e. The Bertz CT molecular complexity index is 1080. The lowest BCUT2D eigenvalue weighted by molar-refractivity contribution is 0.282. The van der Waals surface area contributed by atoms with Gasteiger partial charge in [0.25, 0.3) is 0 Å². The highest BCUT2D eigenvalue weighted by molar-refractivity contribution is 7.96. The number of hydrogen-bond acceptors (Lipinski definition) is 6. The molecule has 1 N–H and O–H groups in total. The number of nitrogens with zero attached hydrogens (tertiary/aromatic N) is 1. The number of hydrogen-bond donors (Lipinski definition) is 1. The van der Waals surface area contributed by atoms with Gasteiger partial charge in [-0.1, -0.05) is 47.5 Å². The lowest BCUT2D eigenvalue weighted by Crippen LogP contribution is -2.46. The lowest BCUT2D eigenvalue weighted by Gasteiger charge is -2.28. The molecule has 1 aliphatic heterocycles. The van der Waals surface area contributed by atoms with Crippen LogP contribution in [0.25, 0.3) is 0 Å². The Morgan fingerprint density at radius 3 is 2.03 bits per heavy atom. The first-order valence-electron chi connectivity index (χ1n) is 9.97. The second-order valence-corrected chi connectivity index (χ2v) is 12.7. The molecule has 1 saturated heterocycles. The predicted octanol–water partition coefficient (Wildman–Crippen LogP) is 2.14. The van der Waals surface area contributed by atoms with Crippen LogP contribution in [0, 0.1) is 13.8 Å². The van der Waals surface area contributed by atoms with Crippen molar-refractivity contribution in [2.75, 3.05) is 32.1 Å². The number of likely N-dealkylation sites (N-methyl/N-ethyl adjacent to an activating group) is 1. The standard InChI is InChI=1S/C22H30N2O4S2/c1-16-5-9-18(10-6-16)21(24(3)4)13-23-20-14-29(25,26)15-22(20)30(27,28)19-11-7-17(2)8-12-19/h5-12,20-23H,13-15H2,1-4H3/t20-,21+,22-/m0/s1. The molecule has 1 aliphatic rings. The van der Waals surface area contributed by atoms with Gasteiger partial charge in [-0.2, -0.15) is 0 Å². The van der Waals surface area contributed by atoms with Gasteiger partial charge in [0.15, 0.2) is 19.7 Å². The van der Waals surface area contributed by atoms with E-state index in [-0.39, 0.29) is 22.4 Å². The predicted molar refractivity (Wildman–Crippen MR) is 120 cm³/mol. The van der Waals surface area contributed by atoms with Crippen molar-refractivity contribution in [2.24, 2.45) is 0 Å². The number of aryl methyl sites for hydroxylation is 2. The molecule has 2 aromatic rings. The average Bonchev–Trinajstić information content (AvgIpc) is 2.99. The second kappa shape index (κ2) is 8.78. The number of sulfone groups is 2. The van der Waals surface area contributed by atoms with E-state index < -0.39 is 31.0 Å². The van der Waals surface area contributed by atoms with E-state index in [2.05, 4.69) is 5.32 Å². The summed E-state index contributed by atoms with van der Waals surface area (Å²) in [6.07, 6.45) is 0. The van der Waals surface area contributed by atoms with Gasteiger partial charge in [0.2, 0.25) is 0 Å². The quantitative estimate of drug-likeness (QED) is 0.696. The topological polar surface area (TPSA) is 83.5 Å². The van der Waals surface area contributed by atoms with Gasteiger partial charge in [-0.25, -0.2) is 16.8 Å². The maximum Gasteiger partial charge on any atom is 0.183 e. The first-order chi connectivity index (χ1) is 14.0. The van der Waals surface area contributed by atoms with Crippen molar-refractivity contribution in [2.45, 2.75) is 36.1 Å². The Balaban J connectivity index is 1.83. The summed E-state index contributed by atoms with van der Waals surface area (Å²) in [5.41, 5.74) is 3.21. The van der Waals surface area contributed by atoms with Crippen LogP contribution >= 0.6 is 0 Å². The molecular weight excluding hydrogens is 420 g/mol. The summed E-state index contributed by atoms with van der Waals surface area (Å²) in [5.74, 6) is -0.519. The molecule has 2 aromatic carbocycles. The Hall–Kier alpha value is -1.74. The summed E-state index contributed by atoms with van der Waals surface area (Å²) in [5, 5.41) is 2.27. The fourth-order valence-electron chi connectivity index (χ4n) is 3.86. The average molecular weight is 451 g/mol. The highest BCUT2D eigenvalue weighted by atomic mass is 32.2. The van der Waals surface area contributed by atoms with Crippen LogP contribution in [0.5, 0.6) is 0 Å². The van der Waals surface area contributed by atoms with E-state index in [9.17, 15) is 16.8 Å². The number of benzene rings is 2. The molecule has 1 heterocycles. The molecule has 0 aromatic heterocycles. The van der Waals surface area contributed by atoms with E-state index >= 15 is 0 Å². The zero-order valence-corrected chi connectivity index (χ0v) is 19.5. The third kappa shape index (κ3) is 5.11. The molecule has 0 amide bonds. The molecule has 0 bridgehead atoms. The summed E-state index contributed by atoms with van der Waals surface area (Å²) in [6, 6.07) is 14.1. The van der Waals surface area contributed by atoms with Gasteiger partial charge >= 0.3 is 0 Å². The van der Waals surface area contributed by atoms with Crippen molar-refractivity contribution in [1.29, 1.82) is 0 Å². The monoisotopic (exact) mass is 450 g/mol. The Kier molecular flexibility index (Phi) is 6.72. The molecule has 1 fully saturated rings. The van der Waals surface area contributed by atoms with Crippen molar-refractivity contribution in [3.05, 3.63) is 65.2 Å². The normalized spacial score (nSPS) is 22.3. The summed E-state index contributed by atoms with van der Waals surface area (Å²) < 4.78 is 51.1. The van der Waals surface area contributed by atoms with Gasteiger partial charge < -0.3 is 10.2 Å². The lowest BCUT2D eigenvalue weighted by atomic mass is 10.0. The zero-order chi connectivity index (χ0) is 22.1. The van der Waals surface area contributed by atoms with Crippen molar-refractivity contribution in [3.8, 4) is 0 Å². The second-order valence-electron chi connectivity index (χ2n) is 8.38. The smallest absolute Gasteiger partial charge is 0.183 e. The van der Waals surface area contributed by atoms with Crippen LogP contribution in [0.2, 0.25) is 0 Å². The zero-order valence-electron chi connectivity index (χ0n) is 17.9. The van der Waals surface area contributed by atoms with Crippen LogP contribution in [-0.4, -0.2) is 65.2 Å². The maximum atomic E-state index is 13.2. The molecule has 30 heavy (non-hydrogen) atoms. The Labute approximate surface area is 180 Å². The Morgan fingerprint density at radius 1 is 0.967 bits per heavy atom. The molecule has 3 atom stereocenters. The minimum absolute atomic E-state index is 0.00312. The van der Waals surface area contributed by atoms with E-state index in [1.165, 1.54) is 0 Å². The van der Waals surface area contributed by atoms with Crippen molar-refractivity contribution < 1.29 is 16.8 Å². The van der Waals surface area contributed by atoms with Crippen molar-refractivity contribution >= 4 is 19.7 Å². The highest BCUT2D eigenvalue weighted by Crippen LogP contribution is 2.27. The van der Waals surface area contributed by atoms with Crippen molar-refractivity contribution in [3.63, 3.8) is 0 Å². The van der Waals surface area contributed by atoms with Gasteiger partial charge in [0.1, 0.15) is 0 Å². The van der Waals surface area contributed by atoms with Crippen LogP contribution in [0.3, 0.4) is 0 Å². The molecule has 0 saturated carbocycles.